The number of methoxy groups -OCH3 is 1. The van der Waals surface area contributed by atoms with Gasteiger partial charge >= 0.3 is 5.97 Å². The Hall–Kier alpha value is -1.35. The second kappa shape index (κ2) is 7.17. The minimum Gasteiger partial charge on any atom is -0.465 e. The third-order valence-electron chi connectivity index (χ3n) is 2.71. The van der Waals surface area contributed by atoms with Crippen molar-refractivity contribution in [1.29, 1.82) is 0 Å². The molecule has 0 aliphatic carbocycles. The molecule has 1 atom stereocenters. The molecule has 3 nitrogen and oxygen atoms in total. The Kier molecular flexibility index (Phi) is 5.86. The highest BCUT2D eigenvalue weighted by molar-refractivity contribution is 5.89. The lowest BCUT2D eigenvalue weighted by atomic mass is 10.1. The van der Waals surface area contributed by atoms with E-state index in [4.69, 9.17) is 4.74 Å². The molecule has 0 N–H and O–H groups in total. The van der Waals surface area contributed by atoms with Crippen LogP contribution in [0.25, 0.3) is 0 Å². The van der Waals surface area contributed by atoms with E-state index in [0.717, 1.165) is 12.0 Å². The lowest BCUT2D eigenvalue weighted by Crippen LogP contribution is -2.11. The highest BCUT2D eigenvalue weighted by Crippen LogP contribution is 2.12. The van der Waals surface area contributed by atoms with Crippen LogP contribution in [0, 0.1) is 5.92 Å². The number of carbonyl (C=O) groups excluding carboxylic acids is 1. The van der Waals surface area contributed by atoms with Crippen LogP contribution in [-0.2, 0) is 16.1 Å². The summed E-state index contributed by atoms with van der Waals surface area (Å²) in [6.45, 7) is 7.04. The van der Waals surface area contributed by atoms with Crippen molar-refractivity contribution in [3.05, 3.63) is 35.4 Å². The molecule has 0 radical (unpaired) electrons. The van der Waals surface area contributed by atoms with E-state index in [1.807, 2.05) is 12.1 Å². The molecule has 1 rings (SSSR count). The minimum absolute atomic E-state index is 0.255. The van der Waals surface area contributed by atoms with E-state index in [2.05, 4.69) is 25.5 Å². The molecule has 0 saturated carbocycles. The van der Waals surface area contributed by atoms with Gasteiger partial charge in [-0.3, -0.25) is 0 Å². The molecule has 0 aliphatic rings. The fourth-order valence-corrected chi connectivity index (χ4v) is 1.83. The van der Waals surface area contributed by atoms with Gasteiger partial charge in [0.15, 0.2) is 0 Å². The second-order valence-corrected chi connectivity index (χ2v) is 4.94. The summed E-state index contributed by atoms with van der Waals surface area (Å²) in [5.74, 6) is 0.331. The van der Waals surface area contributed by atoms with Crippen LogP contribution in [0.15, 0.2) is 24.3 Å². The molecule has 0 spiro atoms. The summed E-state index contributed by atoms with van der Waals surface area (Å²) in [6, 6.07) is 7.32. The summed E-state index contributed by atoms with van der Waals surface area (Å²) in [7, 11) is 1.38. The Bertz CT molecular complexity index is 368. The molecule has 0 aliphatic heterocycles. The Morgan fingerprint density at radius 1 is 1.17 bits per heavy atom. The van der Waals surface area contributed by atoms with Crippen LogP contribution >= 0.6 is 0 Å². The van der Waals surface area contributed by atoms with Crippen LogP contribution in [0.2, 0.25) is 0 Å². The van der Waals surface area contributed by atoms with Crippen molar-refractivity contribution in [1.82, 2.24) is 0 Å². The number of benzene rings is 1. The molecule has 0 amide bonds. The number of hydrogen-bond donors (Lipinski definition) is 0. The van der Waals surface area contributed by atoms with Crippen LogP contribution in [-0.4, -0.2) is 19.2 Å². The summed E-state index contributed by atoms with van der Waals surface area (Å²) >= 11 is 0. The van der Waals surface area contributed by atoms with E-state index >= 15 is 0 Å². The molecule has 1 aromatic carbocycles. The molecule has 0 heterocycles. The number of rotatable bonds is 6. The van der Waals surface area contributed by atoms with E-state index in [1.165, 1.54) is 7.11 Å². The molecule has 0 bridgehead atoms. The molecule has 100 valence electrons. The highest BCUT2D eigenvalue weighted by atomic mass is 16.5. The van der Waals surface area contributed by atoms with Gasteiger partial charge in [0.2, 0.25) is 0 Å². The van der Waals surface area contributed by atoms with Gasteiger partial charge in [0, 0.05) is 0 Å². The van der Waals surface area contributed by atoms with Gasteiger partial charge < -0.3 is 9.47 Å². The zero-order valence-electron chi connectivity index (χ0n) is 11.6. The Labute approximate surface area is 109 Å². The number of carbonyl (C=O) groups is 1. The van der Waals surface area contributed by atoms with Crippen molar-refractivity contribution in [2.75, 3.05) is 7.11 Å². The van der Waals surface area contributed by atoms with E-state index in [9.17, 15) is 4.79 Å². The van der Waals surface area contributed by atoms with Crippen LogP contribution < -0.4 is 0 Å². The Morgan fingerprint density at radius 3 is 2.28 bits per heavy atom. The first kappa shape index (κ1) is 14.7. The second-order valence-electron chi connectivity index (χ2n) is 4.94. The maximum atomic E-state index is 11.3. The van der Waals surface area contributed by atoms with Crippen molar-refractivity contribution in [2.45, 2.75) is 39.9 Å². The van der Waals surface area contributed by atoms with E-state index in [1.54, 1.807) is 12.1 Å². The van der Waals surface area contributed by atoms with Crippen LogP contribution in [0.1, 0.15) is 43.1 Å². The van der Waals surface area contributed by atoms with Gasteiger partial charge in [0.25, 0.3) is 0 Å². The average molecular weight is 250 g/mol. The molecule has 0 aromatic heterocycles. The quantitative estimate of drug-likeness (QED) is 0.726. The molecular formula is C15H22O3. The molecule has 0 saturated heterocycles. The standard InChI is InChI=1S/C15H22O3/c1-11(2)9-12(3)18-10-13-5-7-14(8-6-13)15(16)17-4/h5-8,11-12H,9-10H2,1-4H3. The zero-order chi connectivity index (χ0) is 13.5. The summed E-state index contributed by atoms with van der Waals surface area (Å²) < 4.78 is 10.4. The van der Waals surface area contributed by atoms with E-state index in [-0.39, 0.29) is 12.1 Å². The lowest BCUT2D eigenvalue weighted by Gasteiger charge is -2.15. The van der Waals surface area contributed by atoms with Crippen molar-refractivity contribution < 1.29 is 14.3 Å². The van der Waals surface area contributed by atoms with Crippen molar-refractivity contribution in [3.8, 4) is 0 Å². The van der Waals surface area contributed by atoms with Crippen LogP contribution in [0.3, 0.4) is 0 Å². The molecule has 0 fully saturated rings. The monoisotopic (exact) mass is 250 g/mol. The van der Waals surface area contributed by atoms with Crippen molar-refractivity contribution in [3.63, 3.8) is 0 Å². The van der Waals surface area contributed by atoms with Gasteiger partial charge in [-0.2, -0.15) is 0 Å². The first-order chi connectivity index (χ1) is 8.52. The lowest BCUT2D eigenvalue weighted by molar-refractivity contribution is 0.0396. The summed E-state index contributed by atoms with van der Waals surface area (Å²) in [5, 5.41) is 0. The first-order valence-electron chi connectivity index (χ1n) is 6.31. The smallest absolute Gasteiger partial charge is 0.337 e. The van der Waals surface area contributed by atoms with E-state index in [0.29, 0.717) is 18.1 Å². The highest BCUT2D eigenvalue weighted by Gasteiger charge is 2.07. The third-order valence-corrected chi connectivity index (χ3v) is 2.71. The third kappa shape index (κ3) is 4.88. The molecular weight excluding hydrogens is 228 g/mol. The minimum atomic E-state index is -0.310. The molecule has 18 heavy (non-hydrogen) atoms. The summed E-state index contributed by atoms with van der Waals surface area (Å²) in [4.78, 5) is 11.3. The fraction of sp³-hybridized carbons (Fsp3) is 0.533. The van der Waals surface area contributed by atoms with Crippen molar-refractivity contribution >= 4 is 5.97 Å². The fourth-order valence-electron chi connectivity index (χ4n) is 1.83. The van der Waals surface area contributed by atoms with Gasteiger partial charge in [0.1, 0.15) is 0 Å². The number of hydrogen-bond acceptors (Lipinski definition) is 3. The summed E-state index contributed by atoms with van der Waals surface area (Å²) in [5.41, 5.74) is 1.63. The van der Waals surface area contributed by atoms with Gasteiger partial charge in [-0.25, -0.2) is 4.79 Å². The van der Waals surface area contributed by atoms with Gasteiger partial charge in [-0.1, -0.05) is 26.0 Å². The van der Waals surface area contributed by atoms with Gasteiger partial charge in [0.05, 0.1) is 25.4 Å². The topological polar surface area (TPSA) is 35.5 Å². The normalized spacial score (nSPS) is 12.5. The average Bonchev–Trinajstić information content (AvgIpc) is 2.35. The van der Waals surface area contributed by atoms with Crippen LogP contribution in [0.4, 0.5) is 0 Å². The molecule has 1 unspecified atom stereocenters. The van der Waals surface area contributed by atoms with Crippen molar-refractivity contribution in [2.24, 2.45) is 5.92 Å². The van der Waals surface area contributed by atoms with Gasteiger partial charge in [-0.05, 0) is 37.0 Å². The predicted molar refractivity (Wildman–Crippen MR) is 71.5 cm³/mol. The molecule has 3 heteroatoms. The SMILES string of the molecule is COC(=O)c1ccc(COC(C)CC(C)C)cc1. The summed E-state index contributed by atoms with van der Waals surface area (Å²) in [6.07, 6.45) is 1.31. The first-order valence-corrected chi connectivity index (χ1v) is 6.31. The Balaban J connectivity index is 2.46. The van der Waals surface area contributed by atoms with Gasteiger partial charge in [-0.15, -0.1) is 0 Å². The largest absolute Gasteiger partial charge is 0.465 e. The number of esters is 1. The number of ether oxygens (including phenoxy) is 2. The predicted octanol–water partition coefficient (Wildman–Crippen LogP) is 3.42. The van der Waals surface area contributed by atoms with Crippen LogP contribution in [0.5, 0.6) is 0 Å². The molecule has 1 aromatic rings. The zero-order valence-corrected chi connectivity index (χ0v) is 11.6. The maximum absolute atomic E-state index is 11.3. The Morgan fingerprint density at radius 2 is 1.78 bits per heavy atom. The maximum Gasteiger partial charge on any atom is 0.337 e. The van der Waals surface area contributed by atoms with E-state index < -0.39 is 0 Å².